The summed E-state index contributed by atoms with van der Waals surface area (Å²) in [6.45, 7) is 0.203. The summed E-state index contributed by atoms with van der Waals surface area (Å²) in [7, 11) is 0. The van der Waals surface area contributed by atoms with Crippen molar-refractivity contribution in [2.24, 2.45) is 0 Å². The summed E-state index contributed by atoms with van der Waals surface area (Å²) in [6, 6.07) is 13.8. The largest absolute Gasteiger partial charge is 0.348 e. The molecule has 0 saturated heterocycles. The molecule has 0 unspecified atom stereocenters. The van der Waals surface area contributed by atoms with Crippen LogP contribution in [0.25, 0.3) is 16.9 Å². The zero-order valence-corrected chi connectivity index (χ0v) is 14.1. The van der Waals surface area contributed by atoms with Gasteiger partial charge in [-0.2, -0.15) is 18.7 Å². The summed E-state index contributed by atoms with van der Waals surface area (Å²) in [5.41, 5.74) is 3.12. The number of hydrogen-bond donors (Lipinski definition) is 1. The van der Waals surface area contributed by atoms with Crippen LogP contribution < -0.4 is 5.32 Å². The highest BCUT2D eigenvalue weighted by Crippen LogP contribution is 2.26. The number of halogens is 3. The Hall–Kier alpha value is -3.06. The van der Waals surface area contributed by atoms with Crippen LogP contribution in [0.5, 0.6) is 0 Å². The van der Waals surface area contributed by atoms with Crippen molar-refractivity contribution < 1.29 is 8.78 Å². The van der Waals surface area contributed by atoms with Gasteiger partial charge in [-0.05, 0) is 12.1 Å². The van der Waals surface area contributed by atoms with E-state index >= 15 is 0 Å². The number of imidazole rings is 1. The van der Waals surface area contributed by atoms with Gasteiger partial charge >= 0.3 is 0 Å². The Labute approximate surface area is 152 Å². The van der Waals surface area contributed by atoms with Crippen LogP contribution in [0.15, 0.2) is 54.7 Å². The fourth-order valence-electron chi connectivity index (χ4n) is 2.70. The lowest BCUT2D eigenvalue weighted by Gasteiger charge is -2.08. The van der Waals surface area contributed by atoms with Gasteiger partial charge in [0.1, 0.15) is 5.65 Å². The molecule has 4 rings (SSSR count). The molecule has 0 atom stereocenters. The molecule has 8 heteroatoms. The first-order valence-electron chi connectivity index (χ1n) is 7.76. The van der Waals surface area contributed by atoms with E-state index in [4.69, 9.17) is 11.6 Å². The number of rotatable bonds is 4. The molecule has 0 bridgehead atoms. The number of nitrogens with one attached hydrogen (secondary N) is 1. The average Bonchev–Trinajstić information content (AvgIpc) is 2.97. The molecule has 0 aliphatic carbocycles. The number of nitrogens with zero attached hydrogens (tertiary/aromatic N) is 4. The van der Waals surface area contributed by atoms with Crippen LogP contribution in [0.4, 0.5) is 14.7 Å². The Morgan fingerprint density at radius 3 is 2.42 bits per heavy atom. The first-order valence-corrected chi connectivity index (χ1v) is 8.14. The number of hydrogen-bond acceptors (Lipinski definition) is 4. The fraction of sp³-hybridized carbons (Fsp3) is 0.0556. The second-order valence-corrected chi connectivity index (χ2v) is 5.98. The van der Waals surface area contributed by atoms with Crippen molar-refractivity contribution in [1.29, 1.82) is 0 Å². The van der Waals surface area contributed by atoms with E-state index in [1.54, 1.807) is 18.3 Å². The molecule has 1 N–H and O–H groups in total. The van der Waals surface area contributed by atoms with Gasteiger partial charge in [0.2, 0.25) is 17.8 Å². The van der Waals surface area contributed by atoms with Gasteiger partial charge < -0.3 is 9.72 Å². The molecule has 0 saturated carbocycles. The predicted octanol–water partition coefficient (Wildman–Crippen LogP) is 4.34. The SMILES string of the molecule is Fc1cc(F)nc(NCc2c(-c3ccccc3)nc3ccc(Cl)cn23)n1. The molecule has 130 valence electrons. The van der Waals surface area contributed by atoms with Gasteiger partial charge in [-0.3, -0.25) is 0 Å². The normalized spacial score (nSPS) is 11.0. The Balaban J connectivity index is 1.77. The van der Waals surface area contributed by atoms with Crippen LogP contribution in [0.3, 0.4) is 0 Å². The van der Waals surface area contributed by atoms with E-state index < -0.39 is 11.9 Å². The molecular weight excluding hydrogens is 360 g/mol. The van der Waals surface area contributed by atoms with Crippen LogP contribution in [-0.4, -0.2) is 19.4 Å². The number of aromatic nitrogens is 4. The minimum Gasteiger partial charge on any atom is -0.348 e. The molecule has 0 aliphatic rings. The third kappa shape index (κ3) is 3.21. The third-order valence-corrected chi connectivity index (χ3v) is 4.03. The van der Waals surface area contributed by atoms with Crippen molar-refractivity contribution in [2.75, 3.05) is 5.32 Å². The van der Waals surface area contributed by atoms with Crippen LogP contribution in [0.2, 0.25) is 5.02 Å². The van der Waals surface area contributed by atoms with E-state index in [1.165, 1.54) is 0 Å². The van der Waals surface area contributed by atoms with Crippen molar-refractivity contribution in [2.45, 2.75) is 6.54 Å². The highest BCUT2D eigenvalue weighted by atomic mass is 35.5. The van der Waals surface area contributed by atoms with Gasteiger partial charge in [-0.15, -0.1) is 0 Å². The molecule has 0 radical (unpaired) electrons. The zero-order valence-electron chi connectivity index (χ0n) is 13.3. The molecule has 0 amide bonds. The van der Waals surface area contributed by atoms with Gasteiger partial charge in [0.15, 0.2) is 0 Å². The maximum atomic E-state index is 13.3. The topological polar surface area (TPSA) is 55.1 Å². The lowest BCUT2D eigenvalue weighted by Crippen LogP contribution is -2.08. The van der Waals surface area contributed by atoms with E-state index in [1.807, 2.05) is 34.7 Å². The molecule has 3 heterocycles. The highest BCUT2D eigenvalue weighted by Gasteiger charge is 2.15. The van der Waals surface area contributed by atoms with E-state index in [2.05, 4.69) is 20.3 Å². The average molecular weight is 372 g/mol. The summed E-state index contributed by atoms with van der Waals surface area (Å²) in [4.78, 5) is 11.7. The molecule has 26 heavy (non-hydrogen) atoms. The number of anilines is 1. The van der Waals surface area contributed by atoms with E-state index in [9.17, 15) is 8.78 Å². The lowest BCUT2D eigenvalue weighted by molar-refractivity contribution is 0.527. The van der Waals surface area contributed by atoms with Crippen LogP contribution in [-0.2, 0) is 6.54 Å². The molecule has 0 spiro atoms. The first kappa shape index (κ1) is 16.4. The zero-order chi connectivity index (χ0) is 18.1. The first-order chi connectivity index (χ1) is 12.6. The summed E-state index contributed by atoms with van der Waals surface area (Å²) in [6.07, 6.45) is 1.74. The minimum absolute atomic E-state index is 0.140. The predicted molar refractivity (Wildman–Crippen MR) is 94.9 cm³/mol. The highest BCUT2D eigenvalue weighted by molar-refractivity contribution is 6.30. The van der Waals surface area contributed by atoms with Crippen molar-refractivity contribution in [3.63, 3.8) is 0 Å². The van der Waals surface area contributed by atoms with Gasteiger partial charge in [0.25, 0.3) is 0 Å². The van der Waals surface area contributed by atoms with E-state index in [-0.39, 0.29) is 12.5 Å². The summed E-state index contributed by atoms with van der Waals surface area (Å²) in [5, 5.41) is 3.39. The Morgan fingerprint density at radius 2 is 1.69 bits per heavy atom. The lowest BCUT2D eigenvalue weighted by atomic mass is 10.1. The monoisotopic (exact) mass is 371 g/mol. The second-order valence-electron chi connectivity index (χ2n) is 5.54. The van der Waals surface area contributed by atoms with Gasteiger partial charge in [-0.1, -0.05) is 41.9 Å². The fourth-order valence-corrected chi connectivity index (χ4v) is 2.86. The molecule has 0 fully saturated rings. The molecule has 4 aromatic rings. The molecule has 5 nitrogen and oxygen atoms in total. The van der Waals surface area contributed by atoms with Crippen molar-refractivity contribution in [3.8, 4) is 11.3 Å². The molecule has 1 aromatic carbocycles. The van der Waals surface area contributed by atoms with Crippen LogP contribution in [0, 0.1) is 11.9 Å². The number of fused-ring (bicyclic) bond motifs is 1. The summed E-state index contributed by atoms with van der Waals surface area (Å²) >= 11 is 6.11. The number of pyridine rings is 1. The van der Waals surface area contributed by atoms with Gasteiger partial charge in [0.05, 0.1) is 23.0 Å². The van der Waals surface area contributed by atoms with Crippen molar-refractivity contribution in [1.82, 2.24) is 19.4 Å². The minimum atomic E-state index is -0.940. The Kier molecular flexibility index (Phi) is 4.22. The Bertz CT molecular complexity index is 1060. The van der Waals surface area contributed by atoms with Gasteiger partial charge in [-0.25, -0.2) is 4.98 Å². The maximum Gasteiger partial charge on any atom is 0.228 e. The molecular formula is C18H12ClF2N5. The van der Waals surface area contributed by atoms with Crippen molar-refractivity contribution >= 4 is 23.2 Å². The van der Waals surface area contributed by atoms with E-state index in [0.717, 1.165) is 17.0 Å². The summed E-state index contributed by atoms with van der Waals surface area (Å²) < 4.78 is 28.4. The van der Waals surface area contributed by atoms with Crippen LogP contribution in [0.1, 0.15) is 5.69 Å². The third-order valence-electron chi connectivity index (χ3n) is 3.81. The second kappa shape index (κ2) is 6.68. The molecule has 0 aliphatic heterocycles. The quantitative estimate of drug-likeness (QED) is 0.542. The number of benzene rings is 1. The van der Waals surface area contributed by atoms with E-state index in [0.29, 0.717) is 16.7 Å². The summed E-state index contributed by atoms with van der Waals surface area (Å²) in [5.74, 6) is -2.02. The standard InChI is InChI=1S/C18H12ClF2N5/c19-12-6-7-16-25-17(11-4-2-1-3-5-11)13(26(16)10-12)9-22-18-23-14(20)8-15(21)24-18/h1-8,10H,9H2,(H,22,23,24). The molecule has 3 aromatic heterocycles. The maximum absolute atomic E-state index is 13.3. The van der Waals surface area contributed by atoms with Gasteiger partial charge in [0, 0.05) is 17.8 Å². The smallest absolute Gasteiger partial charge is 0.228 e. The van der Waals surface area contributed by atoms with Crippen molar-refractivity contribution in [3.05, 3.63) is 77.3 Å². The Morgan fingerprint density at radius 1 is 0.962 bits per heavy atom. The van der Waals surface area contributed by atoms with Crippen LogP contribution >= 0.6 is 11.6 Å².